The van der Waals surface area contributed by atoms with Crippen LogP contribution in [0.15, 0.2) is 0 Å². The molecule has 7 aliphatic heterocycles. The molecular weight excluding hydrogens is 1760 g/mol. The number of hydrogen-bond donors (Lipinski definition) is 7. The Morgan fingerprint density at radius 1 is 0.267 bits per heavy atom. The molecule has 0 amide bonds. The summed E-state index contributed by atoms with van der Waals surface area (Å²) in [5, 5.41) is 65.6. The molecule has 7 saturated heterocycles. The summed E-state index contributed by atoms with van der Waals surface area (Å²) in [6.07, 6.45) is 15.9. The number of carbonyl (C=O) groups is 14. The van der Waals surface area contributed by atoms with Crippen LogP contribution in [0.1, 0.15) is 198 Å². The normalized spacial score (nSPS) is 43.0. The van der Waals surface area contributed by atoms with E-state index in [1.807, 2.05) is 55.4 Å². The van der Waals surface area contributed by atoms with Crippen molar-refractivity contribution in [1.29, 1.82) is 0 Å². The van der Waals surface area contributed by atoms with Crippen molar-refractivity contribution in [3.8, 4) is 0 Å². The van der Waals surface area contributed by atoms with Crippen LogP contribution in [0.5, 0.6) is 0 Å². The SMILES string of the molecule is CC(C)(C)OC(=O)C1C2CCC3C(OC(=O)C31)C2CCO.CC(C)(C)OC(=O)C1C2CCC3C(OC(=O)C31)C2CO.CCCOC(=O)C1C2CCC3C(OC(=O)C31)C2CCO.CCCOC(=O)C1C2CCC3C(OC(=O)C31)C2CO.CCOC(=O)C1C2CCC3C(OC(=O)C31)C2CCO.CCOC(=O)C1C2CCC3C(OC(=O)C31)C2CO.COC(=O)C1C2CCC3C(OC(=O)C31)C2CCO. The minimum atomic E-state index is -0.565. The summed E-state index contributed by atoms with van der Waals surface area (Å²) in [5.74, 6) is -7.36. The molecule has 35 nitrogen and oxygen atoms in total. The largest absolute Gasteiger partial charge is 0.469 e. The molecule has 21 aliphatic carbocycles. The molecule has 28 fully saturated rings. The third-order valence-electron chi connectivity index (χ3n) is 35.3. The summed E-state index contributed by atoms with van der Waals surface area (Å²) < 4.78 is 74.9. The second kappa shape index (κ2) is 42.0. The highest BCUT2D eigenvalue weighted by atomic mass is 16.6. The number of rotatable bonds is 24. The molecule has 42 unspecified atom stereocenters. The van der Waals surface area contributed by atoms with E-state index in [0.29, 0.717) is 52.1 Å². The van der Waals surface area contributed by atoms with Crippen LogP contribution in [0.4, 0.5) is 0 Å². The summed E-state index contributed by atoms with van der Waals surface area (Å²) in [6.45, 7) is 20.1. The van der Waals surface area contributed by atoms with Crippen LogP contribution in [0.25, 0.3) is 0 Å². The maximum Gasteiger partial charge on any atom is 0.310 e. The van der Waals surface area contributed by atoms with Crippen molar-refractivity contribution >= 4 is 83.6 Å². The molecule has 0 aromatic rings. The van der Waals surface area contributed by atoms with Gasteiger partial charge in [0.2, 0.25) is 0 Å². The fourth-order valence-corrected chi connectivity index (χ4v) is 30.8. The van der Waals surface area contributed by atoms with E-state index in [9.17, 15) is 97.8 Å². The lowest BCUT2D eigenvalue weighted by Crippen LogP contribution is -2.54. The van der Waals surface area contributed by atoms with Crippen molar-refractivity contribution in [3.63, 3.8) is 0 Å². The number of hydrogen-bond acceptors (Lipinski definition) is 35. The topological polar surface area (TPSA) is 510 Å². The number of aliphatic hydroxyl groups excluding tert-OH is 7. The molecule has 0 aromatic heterocycles. The third kappa shape index (κ3) is 18.7. The average molecular weight is 1910 g/mol. The number of methoxy groups -OCH3 is 1. The first-order chi connectivity index (χ1) is 64.6. The summed E-state index contributed by atoms with van der Waals surface area (Å²) in [6, 6.07) is 0. The van der Waals surface area contributed by atoms with Crippen LogP contribution in [-0.2, 0) is 133 Å². The van der Waals surface area contributed by atoms with Gasteiger partial charge < -0.3 is 102 Å². The summed E-state index contributed by atoms with van der Waals surface area (Å²) >= 11 is 0. The fourth-order valence-electron chi connectivity index (χ4n) is 30.8. The number of ether oxygens (including phenoxy) is 14. The maximum absolute atomic E-state index is 12.6. The summed E-state index contributed by atoms with van der Waals surface area (Å²) in [5.41, 5.74) is -1.12. The fraction of sp³-hybridized carbons (Fsp3) is 0.860. The van der Waals surface area contributed by atoms with Gasteiger partial charge in [0, 0.05) is 129 Å². The van der Waals surface area contributed by atoms with Gasteiger partial charge >= 0.3 is 83.6 Å². The van der Waals surface area contributed by atoms with Gasteiger partial charge in [-0.3, -0.25) is 67.1 Å². The highest BCUT2D eigenvalue weighted by molar-refractivity contribution is 5.90. The molecule has 42 atom stereocenters. The lowest BCUT2D eigenvalue weighted by molar-refractivity contribution is -0.175. The van der Waals surface area contributed by atoms with E-state index in [0.717, 1.165) is 103 Å². The number of esters is 14. The average Bonchev–Trinajstić information content (AvgIpc) is 1.68. The molecule has 35 heteroatoms. The first-order valence-electron chi connectivity index (χ1n) is 50.5. The first kappa shape index (κ1) is 102. The summed E-state index contributed by atoms with van der Waals surface area (Å²) in [7, 11) is 1.36. The van der Waals surface area contributed by atoms with Gasteiger partial charge in [-0.1, -0.05) is 13.8 Å². The smallest absolute Gasteiger partial charge is 0.310 e. The van der Waals surface area contributed by atoms with Gasteiger partial charge in [-0.25, -0.2) is 0 Å². The minimum absolute atomic E-state index is 0.00120. The van der Waals surface area contributed by atoms with Crippen LogP contribution in [0.2, 0.25) is 0 Å². The summed E-state index contributed by atoms with van der Waals surface area (Å²) in [4.78, 5) is 170. The molecule has 7 N–H and O–H groups in total. The van der Waals surface area contributed by atoms with Gasteiger partial charge in [-0.05, 0) is 225 Å². The van der Waals surface area contributed by atoms with E-state index in [1.165, 1.54) is 7.11 Å². The minimum Gasteiger partial charge on any atom is -0.469 e. The molecule has 0 spiro atoms. The molecule has 28 aliphatic rings. The zero-order chi connectivity index (χ0) is 97.2. The lowest BCUT2D eigenvalue weighted by Gasteiger charge is -2.48. The van der Waals surface area contributed by atoms with Crippen molar-refractivity contribution in [3.05, 3.63) is 0 Å². The Hall–Kier alpha value is -7.70. The molecule has 21 saturated carbocycles. The van der Waals surface area contributed by atoms with E-state index >= 15 is 0 Å². The Balaban J connectivity index is 0.000000120. The van der Waals surface area contributed by atoms with E-state index in [4.69, 9.17) is 71.4 Å². The molecule has 754 valence electrons. The lowest BCUT2D eigenvalue weighted by atomic mass is 9.54. The van der Waals surface area contributed by atoms with Crippen molar-refractivity contribution in [1.82, 2.24) is 0 Å². The zero-order valence-corrected chi connectivity index (χ0v) is 79.7. The van der Waals surface area contributed by atoms with Crippen molar-refractivity contribution < 1.29 is 169 Å². The van der Waals surface area contributed by atoms with Gasteiger partial charge in [0.1, 0.15) is 53.9 Å². The van der Waals surface area contributed by atoms with Crippen molar-refractivity contribution in [2.45, 2.75) is 252 Å². The van der Waals surface area contributed by atoms with E-state index < -0.39 is 34.9 Å². The predicted molar refractivity (Wildman–Crippen MR) is 463 cm³/mol. The molecule has 135 heavy (non-hydrogen) atoms. The molecule has 28 bridgehead atoms. The Morgan fingerprint density at radius 3 is 0.622 bits per heavy atom. The quantitative estimate of drug-likeness (QED) is 0.0430. The van der Waals surface area contributed by atoms with Crippen molar-refractivity contribution in [2.75, 3.05) is 79.8 Å². The standard InChI is InChI=1S/C16H24O5.2C15H22O5.2C14H20O5.2C13H18O5/c1-16(2,3)21-15(19)11-8-4-5-10-12(11)14(18)20-13(10)9(8)6-7-17;1-15(2,3)20-14(18)10-7-4-5-8-11(10)13(17)19-12(8)9(7)6-16;1-2-7-19-14(17)11-8-3-4-10-12(11)15(18)20-13(10)9(8)5-6-16;1-2-18-13(16)10-7-3-4-9-11(10)14(17)19-12(9)8(7)5-6-15;1-2-5-18-13(16)10-7-3-4-8-11(10)14(17)19-12(8)9(7)6-15;1-17-12(15)9-6-2-3-8-10(9)13(16)18-11(8)7(6)4-5-14;1-2-17-12(15)9-6-3-4-7-10(9)13(16)18-11(7)8(6)5-14/h8-13,17H,4-7H2,1-3H3;7-12,16H,4-6H2,1-3H3;8-13,16H,2-7H2,1H3;2*7-12,15H,2-6H2,1H3;2*6-11,14H,2-5H2,1H3. The Morgan fingerprint density at radius 2 is 0.444 bits per heavy atom. The van der Waals surface area contributed by atoms with Crippen LogP contribution >= 0.6 is 0 Å². The first-order valence-corrected chi connectivity index (χ1v) is 50.5. The molecule has 7 heterocycles. The highest BCUT2D eigenvalue weighted by Crippen LogP contribution is 2.65. The maximum atomic E-state index is 12.6. The second-order valence-corrected chi connectivity index (χ2v) is 43.7. The van der Waals surface area contributed by atoms with E-state index in [1.54, 1.807) is 13.8 Å². The van der Waals surface area contributed by atoms with Gasteiger partial charge in [0.15, 0.2) is 0 Å². The Bertz CT molecular complexity index is 4340. The molecule has 28 rings (SSSR count). The molecular formula is C100H144O35. The number of fused-ring (bicyclic) bond motifs is 7. The zero-order valence-electron chi connectivity index (χ0n) is 79.7. The predicted octanol–water partition coefficient (Wildman–Crippen LogP) is 6.00. The highest BCUT2D eigenvalue weighted by Gasteiger charge is 2.72. The van der Waals surface area contributed by atoms with Gasteiger partial charge in [0.05, 0.1) is 116 Å². The Kier molecular flexibility index (Phi) is 31.6. The van der Waals surface area contributed by atoms with Crippen molar-refractivity contribution in [2.24, 2.45) is 207 Å². The van der Waals surface area contributed by atoms with E-state index in [2.05, 4.69) is 0 Å². The molecule has 0 radical (unpaired) electrons. The second-order valence-electron chi connectivity index (χ2n) is 43.7. The number of aliphatic hydroxyl groups is 7. The Labute approximate surface area is 787 Å². The van der Waals surface area contributed by atoms with Crippen LogP contribution in [-0.4, -0.2) is 253 Å². The molecule has 0 aromatic carbocycles. The van der Waals surface area contributed by atoms with E-state index in [-0.39, 0.29) is 356 Å². The van der Waals surface area contributed by atoms with Gasteiger partial charge in [-0.2, -0.15) is 0 Å². The third-order valence-corrected chi connectivity index (χ3v) is 35.3. The van der Waals surface area contributed by atoms with Crippen LogP contribution in [0, 0.1) is 207 Å². The van der Waals surface area contributed by atoms with Gasteiger partial charge in [-0.15, -0.1) is 0 Å². The van der Waals surface area contributed by atoms with Crippen LogP contribution < -0.4 is 0 Å². The monoisotopic (exact) mass is 1900 g/mol. The van der Waals surface area contributed by atoms with Gasteiger partial charge in [0.25, 0.3) is 0 Å². The number of carbonyl (C=O) groups excluding carboxylic acids is 14. The van der Waals surface area contributed by atoms with Crippen LogP contribution in [0.3, 0.4) is 0 Å².